The first-order valence-electron chi connectivity index (χ1n) is 6.30. The lowest BCUT2D eigenvalue weighted by atomic mass is 10.1. The zero-order valence-corrected chi connectivity index (χ0v) is 11.3. The summed E-state index contributed by atoms with van der Waals surface area (Å²) in [6.45, 7) is 4.42. The van der Waals surface area contributed by atoms with Crippen molar-refractivity contribution in [2.24, 2.45) is 7.05 Å². The molecular formula is C14H17N3O2. The summed E-state index contributed by atoms with van der Waals surface area (Å²) in [5, 5.41) is 7.78. The first-order valence-corrected chi connectivity index (χ1v) is 6.30. The Morgan fingerprint density at radius 2 is 2.11 bits per heavy atom. The summed E-state index contributed by atoms with van der Waals surface area (Å²) in [7, 11) is 1.92. The molecule has 1 aromatic heterocycles. The molecule has 100 valence electrons. The van der Waals surface area contributed by atoms with E-state index < -0.39 is 0 Å². The highest BCUT2D eigenvalue weighted by Crippen LogP contribution is 2.34. The zero-order valence-electron chi connectivity index (χ0n) is 11.3. The largest absolute Gasteiger partial charge is 0.454 e. The number of aromatic nitrogens is 2. The number of rotatable bonds is 3. The van der Waals surface area contributed by atoms with Crippen molar-refractivity contribution < 1.29 is 9.47 Å². The summed E-state index contributed by atoms with van der Waals surface area (Å²) >= 11 is 0. The lowest BCUT2D eigenvalue weighted by Gasteiger charge is -2.15. The summed E-state index contributed by atoms with van der Waals surface area (Å²) in [5.41, 5.74) is 3.20. The maximum Gasteiger partial charge on any atom is 0.231 e. The van der Waals surface area contributed by atoms with Gasteiger partial charge in [-0.2, -0.15) is 5.10 Å². The lowest BCUT2D eigenvalue weighted by Crippen LogP contribution is -2.06. The molecule has 1 atom stereocenters. The monoisotopic (exact) mass is 259 g/mol. The fourth-order valence-electron chi connectivity index (χ4n) is 2.24. The number of nitrogens with one attached hydrogen (secondary N) is 1. The van der Waals surface area contributed by atoms with Gasteiger partial charge in [0.1, 0.15) is 0 Å². The predicted molar refractivity (Wildman–Crippen MR) is 72.5 cm³/mol. The third kappa shape index (κ3) is 2.23. The molecule has 0 amide bonds. The number of aryl methyl sites for hydroxylation is 2. The van der Waals surface area contributed by atoms with Gasteiger partial charge in [-0.05, 0) is 31.5 Å². The van der Waals surface area contributed by atoms with E-state index in [1.807, 2.05) is 37.0 Å². The molecule has 3 rings (SSSR count). The van der Waals surface area contributed by atoms with E-state index in [0.717, 1.165) is 28.4 Å². The highest BCUT2D eigenvalue weighted by Gasteiger charge is 2.16. The fraction of sp³-hybridized carbons (Fsp3) is 0.357. The second kappa shape index (κ2) is 4.50. The third-order valence-electron chi connectivity index (χ3n) is 3.28. The van der Waals surface area contributed by atoms with Crippen molar-refractivity contribution in [1.29, 1.82) is 0 Å². The summed E-state index contributed by atoms with van der Waals surface area (Å²) in [6.07, 6.45) is 1.98. The van der Waals surface area contributed by atoms with Gasteiger partial charge in [0.15, 0.2) is 11.5 Å². The Bertz CT molecular complexity index is 607. The number of nitrogens with zero attached hydrogens (tertiary/aromatic N) is 2. The van der Waals surface area contributed by atoms with Crippen molar-refractivity contribution in [2.75, 3.05) is 12.1 Å². The summed E-state index contributed by atoms with van der Waals surface area (Å²) in [4.78, 5) is 0. The number of hydrogen-bond donors (Lipinski definition) is 1. The molecule has 0 saturated carbocycles. The molecule has 1 aliphatic heterocycles. The fourth-order valence-corrected chi connectivity index (χ4v) is 2.24. The number of fused-ring (bicyclic) bond motifs is 1. The van der Waals surface area contributed by atoms with E-state index in [1.54, 1.807) is 0 Å². The summed E-state index contributed by atoms with van der Waals surface area (Å²) in [6, 6.07) is 6.20. The molecule has 0 spiro atoms. The maximum absolute atomic E-state index is 5.40. The number of hydrogen-bond acceptors (Lipinski definition) is 4. The number of anilines is 1. The molecule has 0 fully saturated rings. The van der Waals surface area contributed by atoms with Gasteiger partial charge < -0.3 is 14.8 Å². The normalized spacial score (nSPS) is 14.5. The topological polar surface area (TPSA) is 48.3 Å². The molecular weight excluding hydrogens is 242 g/mol. The minimum Gasteiger partial charge on any atom is -0.454 e. The van der Waals surface area contributed by atoms with E-state index in [-0.39, 0.29) is 6.04 Å². The van der Waals surface area contributed by atoms with Crippen molar-refractivity contribution >= 4 is 5.69 Å². The molecule has 1 unspecified atom stereocenters. The molecule has 0 bridgehead atoms. The lowest BCUT2D eigenvalue weighted by molar-refractivity contribution is 0.174. The van der Waals surface area contributed by atoms with Gasteiger partial charge in [0.25, 0.3) is 0 Å². The summed E-state index contributed by atoms with van der Waals surface area (Å²) in [5.74, 6) is 1.63. The van der Waals surface area contributed by atoms with E-state index in [2.05, 4.69) is 23.4 Å². The van der Waals surface area contributed by atoms with Crippen LogP contribution in [0.2, 0.25) is 0 Å². The molecule has 1 aromatic carbocycles. The third-order valence-corrected chi connectivity index (χ3v) is 3.28. The Balaban J connectivity index is 1.80. The second-order valence-corrected chi connectivity index (χ2v) is 4.78. The Labute approximate surface area is 112 Å². The van der Waals surface area contributed by atoms with Crippen LogP contribution in [0.1, 0.15) is 24.2 Å². The van der Waals surface area contributed by atoms with Crippen LogP contribution in [-0.4, -0.2) is 16.6 Å². The molecule has 2 heterocycles. The summed E-state index contributed by atoms with van der Waals surface area (Å²) < 4.78 is 12.5. The van der Waals surface area contributed by atoms with Crippen LogP contribution < -0.4 is 14.8 Å². The van der Waals surface area contributed by atoms with Crippen LogP contribution in [0.5, 0.6) is 11.5 Å². The number of ether oxygens (including phenoxy) is 2. The SMILES string of the molecule is Cc1nn(C)cc1NC(C)c1ccc2c(c1)OCO2. The minimum absolute atomic E-state index is 0.178. The van der Waals surface area contributed by atoms with Crippen molar-refractivity contribution in [2.45, 2.75) is 19.9 Å². The molecule has 1 aliphatic rings. The van der Waals surface area contributed by atoms with Crippen LogP contribution in [0.4, 0.5) is 5.69 Å². The van der Waals surface area contributed by atoms with Gasteiger partial charge in [-0.15, -0.1) is 0 Å². The van der Waals surface area contributed by atoms with Crippen LogP contribution in [0.3, 0.4) is 0 Å². The Kier molecular flexibility index (Phi) is 2.81. The smallest absolute Gasteiger partial charge is 0.231 e. The van der Waals surface area contributed by atoms with Gasteiger partial charge in [0, 0.05) is 19.3 Å². The maximum atomic E-state index is 5.40. The average Bonchev–Trinajstić information content (AvgIpc) is 2.95. The molecule has 5 heteroatoms. The van der Waals surface area contributed by atoms with Crippen LogP contribution in [0, 0.1) is 6.92 Å². The number of benzene rings is 1. The predicted octanol–water partition coefficient (Wildman–Crippen LogP) is 2.63. The molecule has 0 aliphatic carbocycles. The zero-order chi connectivity index (χ0) is 13.4. The molecule has 0 radical (unpaired) electrons. The van der Waals surface area contributed by atoms with E-state index >= 15 is 0 Å². The molecule has 2 aromatic rings. The second-order valence-electron chi connectivity index (χ2n) is 4.78. The van der Waals surface area contributed by atoms with Gasteiger partial charge in [-0.1, -0.05) is 6.07 Å². The highest BCUT2D eigenvalue weighted by atomic mass is 16.7. The van der Waals surface area contributed by atoms with Crippen molar-refractivity contribution in [3.63, 3.8) is 0 Å². The minimum atomic E-state index is 0.178. The average molecular weight is 259 g/mol. The first kappa shape index (κ1) is 11.9. The van der Waals surface area contributed by atoms with Gasteiger partial charge in [-0.25, -0.2) is 0 Å². The Morgan fingerprint density at radius 1 is 1.32 bits per heavy atom. The quantitative estimate of drug-likeness (QED) is 0.920. The van der Waals surface area contributed by atoms with E-state index in [1.165, 1.54) is 0 Å². The highest BCUT2D eigenvalue weighted by molar-refractivity contribution is 5.50. The van der Waals surface area contributed by atoms with Crippen molar-refractivity contribution in [3.8, 4) is 11.5 Å². The van der Waals surface area contributed by atoms with E-state index in [4.69, 9.17) is 9.47 Å². The first-order chi connectivity index (χ1) is 9.13. The van der Waals surface area contributed by atoms with Gasteiger partial charge >= 0.3 is 0 Å². The van der Waals surface area contributed by atoms with Gasteiger partial charge in [0.05, 0.1) is 11.4 Å². The van der Waals surface area contributed by atoms with Crippen LogP contribution in [0.15, 0.2) is 24.4 Å². The van der Waals surface area contributed by atoms with Gasteiger partial charge in [-0.3, -0.25) is 4.68 Å². The van der Waals surface area contributed by atoms with Crippen LogP contribution >= 0.6 is 0 Å². The van der Waals surface area contributed by atoms with E-state index in [9.17, 15) is 0 Å². The van der Waals surface area contributed by atoms with Crippen molar-refractivity contribution in [1.82, 2.24) is 9.78 Å². The Hall–Kier alpha value is -2.17. The molecule has 19 heavy (non-hydrogen) atoms. The van der Waals surface area contributed by atoms with Crippen LogP contribution in [0.25, 0.3) is 0 Å². The standard InChI is InChI=1S/C14H17N3O2/c1-9(15-12-7-17(3)16-10(12)2)11-4-5-13-14(6-11)19-8-18-13/h4-7,9,15H,8H2,1-3H3. The van der Waals surface area contributed by atoms with Gasteiger partial charge in [0.2, 0.25) is 6.79 Å². The Morgan fingerprint density at radius 3 is 2.84 bits per heavy atom. The molecule has 1 N–H and O–H groups in total. The van der Waals surface area contributed by atoms with E-state index in [0.29, 0.717) is 6.79 Å². The van der Waals surface area contributed by atoms with Crippen molar-refractivity contribution in [3.05, 3.63) is 35.7 Å². The molecule has 0 saturated heterocycles. The molecule has 5 nitrogen and oxygen atoms in total. The van der Waals surface area contributed by atoms with Crippen LogP contribution in [-0.2, 0) is 7.05 Å².